The number of furan rings is 1. The number of nitrogens with zero attached hydrogens (tertiary/aromatic N) is 1. The van der Waals surface area contributed by atoms with Gasteiger partial charge in [-0.15, -0.1) is 0 Å². The lowest BCUT2D eigenvalue weighted by atomic mass is 10.1. The van der Waals surface area contributed by atoms with Gasteiger partial charge < -0.3 is 15.1 Å². The second-order valence-corrected chi connectivity index (χ2v) is 6.43. The third-order valence-electron chi connectivity index (χ3n) is 4.41. The van der Waals surface area contributed by atoms with E-state index in [1.807, 2.05) is 19.1 Å². The first-order valence-corrected chi connectivity index (χ1v) is 8.41. The molecule has 0 saturated carbocycles. The third kappa shape index (κ3) is 2.81. The molecule has 24 heavy (non-hydrogen) atoms. The molecule has 3 N–H and O–H groups in total. The second kappa shape index (κ2) is 6.13. The van der Waals surface area contributed by atoms with Crippen LogP contribution < -0.4 is 5.73 Å². The Morgan fingerprint density at radius 3 is 2.88 bits per heavy atom. The molecule has 0 radical (unpaired) electrons. The van der Waals surface area contributed by atoms with Gasteiger partial charge >= 0.3 is 0 Å². The maximum absolute atomic E-state index is 5.82. The molecule has 4 rings (SSSR count). The van der Waals surface area contributed by atoms with Crippen molar-refractivity contribution in [3.63, 3.8) is 0 Å². The minimum Gasteiger partial charge on any atom is -0.464 e. The van der Waals surface area contributed by atoms with Gasteiger partial charge in [-0.05, 0) is 68.7 Å². The van der Waals surface area contributed by atoms with Crippen LogP contribution in [0.1, 0.15) is 25.5 Å². The van der Waals surface area contributed by atoms with Crippen LogP contribution >= 0.6 is 0 Å². The van der Waals surface area contributed by atoms with E-state index in [1.54, 1.807) is 6.26 Å². The van der Waals surface area contributed by atoms with Gasteiger partial charge in [-0.2, -0.15) is 0 Å². The van der Waals surface area contributed by atoms with E-state index in [9.17, 15) is 0 Å². The molecule has 0 spiro atoms. The number of benzene rings is 1. The molecular weight excluding hydrogens is 298 g/mol. The number of H-pyrrole nitrogens is 1. The molecule has 4 heteroatoms. The fourth-order valence-electron chi connectivity index (χ4n) is 3.16. The highest BCUT2D eigenvalue weighted by molar-refractivity contribution is 6.07. The molecule has 1 atom stereocenters. The molecule has 1 unspecified atom stereocenters. The topological polar surface area (TPSA) is 67.8 Å². The SMILES string of the molecule is CC(N)CCCc1ccc2c(n1)[nH]c1ccc(-c3ccco3)cc12. The van der Waals surface area contributed by atoms with Crippen LogP contribution in [-0.2, 0) is 6.42 Å². The second-order valence-electron chi connectivity index (χ2n) is 6.43. The van der Waals surface area contributed by atoms with E-state index in [2.05, 4.69) is 35.3 Å². The zero-order valence-corrected chi connectivity index (χ0v) is 13.8. The predicted octanol–water partition coefficient (Wildman–Crippen LogP) is 4.65. The van der Waals surface area contributed by atoms with Crippen LogP contribution in [0.3, 0.4) is 0 Å². The van der Waals surface area contributed by atoms with Gasteiger partial charge in [-0.1, -0.05) is 0 Å². The minimum atomic E-state index is 0.252. The fraction of sp³-hybridized carbons (Fsp3) is 0.250. The van der Waals surface area contributed by atoms with Crippen molar-refractivity contribution < 1.29 is 4.42 Å². The van der Waals surface area contributed by atoms with E-state index in [-0.39, 0.29) is 6.04 Å². The lowest BCUT2D eigenvalue weighted by Crippen LogP contribution is -2.14. The Hall–Kier alpha value is -2.59. The van der Waals surface area contributed by atoms with Gasteiger partial charge in [0.2, 0.25) is 0 Å². The Bertz CT molecular complexity index is 967. The minimum absolute atomic E-state index is 0.252. The fourth-order valence-corrected chi connectivity index (χ4v) is 3.16. The van der Waals surface area contributed by atoms with E-state index in [4.69, 9.17) is 15.1 Å². The highest BCUT2D eigenvalue weighted by atomic mass is 16.3. The lowest BCUT2D eigenvalue weighted by Gasteiger charge is -2.04. The molecule has 122 valence electrons. The Morgan fingerprint density at radius 2 is 2.08 bits per heavy atom. The van der Waals surface area contributed by atoms with Crippen molar-refractivity contribution in [1.82, 2.24) is 9.97 Å². The Morgan fingerprint density at radius 1 is 1.17 bits per heavy atom. The number of nitrogens with one attached hydrogen (secondary N) is 1. The molecule has 0 aliphatic rings. The molecule has 0 bridgehead atoms. The van der Waals surface area contributed by atoms with Crippen LogP contribution in [0.5, 0.6) is 0 Å². The van der Waals surface area contributed by atoms with E-state index < -0.39 is 0 Å². The smallest absolute Gasteiger partial charge is 0.138 e. The number of fused-ring (bicyclic) bond motifs is 3. The summed E-state index contributed by atoms with van der Waals surface area (Å²) in [6, 6.07) is 14.7. The molecule has 0 saturated heterocycles. The first-order chi connectivity index (χ1) is 11.7. The van der Waals surface area contributed by atoms with Gasteiger partial charge in [-0.25, -0.2) is 4.98 Å². The molecule has 0 fully saturated rings. The summed E-state index contributed by atoms with van der Waals surface area (Å²) < 4.78 is 5.50. The van der Waals surface area contributed by atoms with E-state index in [0.717, 1.165) is 52.8 Å². The zero-order chi connectivity index (χ0) is 16.5. The van der Waals surface area contributed by atoms with Crippen LogP contribution in [-0.4, -0.2) is 16.0 Å². The summed E-state index contributed by atoms with van der Waals surface area (Å²) in [4.78, 5) is 8.21. The number of hydrogen-bond acceptors (Lipinski definition) is 3. The van der Waals surface area contributed by atoms with Crippen molar-refractivity contribution in [3.05, 3.63) is 54.4 Å². The molecule has 1 aromatic carbocycles. The summed E-state index contributed by atoms with van der Waals surface area (Å²) in [5.41, 5.74) is 10.1. The van der Waals surface area contributed by atoms with Crippen LogP contribution in [0, 0.1) is 0 Å². The normalized spacial score (nSPS) is 12.9. The van der Waals surface area contributed by atoms with Crippen LogP contribution in [0.4, 0.5) is 0 Å². The summed E-state index contributed by atoms with van der Waals surface area (Å²) in [6.07, 6.45) is 4.76. The number of aromatic amines is 1. The molecule has 0 aliphatic heterocycles. The number of hydrogen-bond donors (Lipinski definition) is 2. The third-order valence-corrected chi connectivity index (χ3v) is 4.41. The van der Waals surface area contributed by atoms with Crippen molar-refractivity contribution in [1.29, 1.82) is 0 Å². The van der Waals surface area contributed by atoms with Gasteiger partial charge in [-0.3, -0.25) is 0 Å². The molecule has 3 heterocycles. The maximum atomic E-state index is 5.82. The molecule has 4 nitrogen and oxygen atoms in total. The van der Waals surface area contributed by atoms with Crippen molar-refractivity contribution in [2.75, 3.05) is 0 Å². The number of aryl methyl sites for hydroxylation is 1. The Labute approximate surface area is 140 Å². The number of nitrogens with two attached hydrogens (primary N) is 1. The molecular formula is C20H21N3O. The average molecular weight is 319 g/mol. The first-order valence-electron chi connectivity index (χ1n) is 8.41. The van der Waals surface area contributed by atoms with Crippen molar-refractivity contribution in [2.24, 2.45) is 5.73 Å². The van der Waals surface area contributed by atoms with Gasteiger partial charge in [0.05, 0.1) is 6.26 Å². The standard InChI is InChI=1S/C20H21N3O/c1-13(21)4-2-5-15-8-9-16-17-12-14(19-6-3-11-24-19)7-10-18(17)23-20(16)22-15/h3,6-13H,2,4-5,21H2,1H3,(H,22,23). The van der Waals surface area contributed by atoms with E-state index in [1.165, 1.54) is 5.39 Å². The number of rotatable bonds is 5. The number of pyridine rings is 1. The summed E-state index contributed by atoms with van der Waals surface area (Å²) >= 11 is 0. The van der Waals surface area contributed by atoms with Crippen LogP contribution in [0.15, 0.2) is 53.1 Å². The van der Waals surface area contributed by atoms with E-state index in [0.29, 0.717) is 0 Å². The largest absolute Gasteiger partial charge is 0.464 e. The van der Waals surface area contributed by atoms with Crippen molar-refractivity contribution >= 4 is 21.9 Å². The number of aromatic nitrogens is 2. The molecule has 0 aliphatic carbocycles. The van der Waals surface area contributed by atoms with Crippen LogP contribution in [0.2, 0.25) is 0 Å². The Balaban J connectivity index is 1.70. The van der Waals surface area contributed by atoms with Crippen molar-refractivity contribution in [2.45, 2.75) is 32.2 Å². The van der Waals surface area contributed by atoms with Gasteiger partial charge in [0.1, 0.15) is 11.4 Å². The van der Waals surface area contributed by atoms with Gasteiger partial charge in [0, 0.05) is 33.6 Å². The zero-order valence-electron chi connectivity index (χ0n) is 13.8. The molecule has 0 amide bonds. The van der Waals surface area contributed by atoms with Gasteiger partial charge in [0.15, 0.2) is 0 Å². The lowest BCUT2D eigenvalue weighted by molar-refractivity contribution is 0.582. The molecule has 3 aromatic heterocycles. The first kappa shape index (κ1) is 15.0. The monoisotopic (exact) mass is 319 g/mol. The highest BCUT2D eigenvalue weighted by Crippen LogP contribution is 2.29. The van der Waals surface area contributed by atoms with Gasteiger partial charge in [0.25, 0.3) is 0 Å². The summed E-state index contributed by atoms with van der Waals surface area (Å²) in [7, 11) is 0. The quantitative estimate of drug-likeness (QED) is 0.563. The predicted molar refractivity (Wildman–Crippen MR) is 97.9 cm³/mol. The Kier molecular flexibility index (Phi) is 3.82. The summed E-state index contributed by atoms with van der Waals surface area (Å²) in [5.74, 6) is 0.881. The van der Waals surface area contributed by atoms with Crippen LogP contribution in [0.25, 0.3) is 33.3 Å². The summed E-state index contributed by atoms with van der Waals surface area (Å²) in [5, 5.41) is 2.32. The van der Waals surface area contributed by atoms with E-state index >= 15 is 0 Å². The molecule has 4 aromatic rings. The van der Waals surface area contributed by atoms with Crippen molar-refractivity contribution in [3.8, 4) is 11.3 Å². The highest BCUT2D eigenvalue weighted by Gasteiger charge is 2.09. The summed E-state index contributed by atoms with van der Waals surface area (Å²) in [6.45, 7) is 2.05. The maximum Gasteiger partial charge on any atom is 0.138 e. The average Bonchev–Trinajstić information content (AvgIpc) is 3.21.